The third-order valence-corrected chi connectivity index (χ3v) is 11.4. The molecule has 0 bridgehead atoms. The first kappa shape index (κ1) is 43.9. The zero-order valence-electron chi connectivity index (χ0n) is 36.2. The minimum Gasteiger partial charge on any atom is -0.494 e. The average Bonchev–Trinajstić information content (AvgIpc) is 3.71. The van der Waals surface area contributed by atoms with E-state index in [2.05, 4.69) is 60.5 Å². The number of hydrogen-bond donors (Lipinski definition) is 1. The Kier molecular flexibility index (Phi) is 14.2. The molecule has 1 unspecified atom stereocenters. The summed E-state index contributed by atoms with van der Waals surface area (Å²) in [7, 11) is 0. The predicted octanol–water partition coefficient (Wildman–Crippen LogP) is 11.5. The van der Waals surface area contributed by atoms with Crippen LogP contribution in [0.15, 0.2) is 145 Å². The molecule has 0 amide bonds. The molecule has 7 aromatic rings. The summed E-state index contributed by atoms with van der Waals surface area (Å²) in [6.07, 6.45) is 2.40. The number of epoxide rings is 1. The van der Waals surface area contributed by atoms with Gasteiger partial charge in [0, 0.05) is 29.9 Å². The molecule has 0 aliphatic carbocycles. The maximum Gasteiger partial charge on any atom is 0.330 e. The maximum absolute atomic E-state index is 11.2. The molecule has 1 aromatic heterocycles. The molecule has 8 rings (SSSR count). The number of carbonyl (C=O) groups is 1. The number of ether oxygens (including phenoxy) is 7. The Hall–Kier alpha value is -6.73. The Morgan fingerprint density at radius 3 is 2.09 bits per heavy atom. The van der Waals surface area contributed by atoms with Crippen molar-refractivity contribution < 1.29 is 38.0 Å². The van der Waals surface area contributed by atoms with Crippen LogP contribution in [-0.4, -0.2) is 55.0 Å². The van der Waals surface area contributed by atoms with Crippen molar-refractivity contribution in [2.45, 2.75) is 58.7 Å². The van der Waals surface area contributed by atoms with Gasteiger partial charge in [0.2, 0.25) is 5.13 Å². The monoisotopic (exact) mass is 877 g/mol. The van der Waals surface area contributed by atoms with E-state index in [0.29, 0.717) is 61.8 Å². The number of aromatic nitrogens is 1. The topological polar surface area (TPSA) is 122 Å². The van der Waals surface area contributed by atoms with Gasteiger partial charge in [-0.1, -0.05) is 96.8 Å². The molecule has 2 heterocycles. The lowest BCUT2D eigenvalue weighted by Crippen LogP contribution is -2.10. The molecule has 12 heteroatoms. The minimum atomic E-state index is -0.431. The van der Waals surface area contributed by atoms with Gasteiger partial charge in [-0.25, -0.2) is 9.78 Å². The van der Waals surface area contributed by atoms with Crippen molar-refractivity contribution in [1.29, 1.82) is 0 Å². The quantitative estimate of drug-likeness (QED) is 0.0176. The van der Waals surface area contributed by atoms with E-state index in [1.54, 1.807) is 11.3 Å². The molecule has 1 fully saturated rings. The SMILES string of the molecule is C=CC(=O)OCCCOc1ccc(-c2ccc(COc3ccc(OCc4ccc(OCCCOC5OC5(C)C)cc4)c(/C(C)=N/Nc4nc5c(ccc6ccccc65)s4)c3)cc2)cc1. The Bertz CT molecular complexity index is 2710. The van der Waals surface area contributed by atoms with Crippen molar-refractivity contribution >= 4 is 49.1 Å². The molecule has 1 atom stereocenters. The lowest BCUT2D eigenvalue weighted by atomic mass is 10.0. The Labute approximate surface area is 377 Å². The highest BCUT2D eigenvalue weighted by Crippen LogP contribution is 2.36. The highest BCUT2D eigenvalue weighted by molar-refractivity contribution is 7.22. The molecule has 1 N–H and O–H groups in total. The molecule has 1 aliphatic heterocycles. The Morgan fingerprint density at radius 2 is 1.39 bits per heavy atom. The molecule has 1 saturated heterocycles. The summed E-state index contributed by atoms with van der Waals surface area (Å²) in [6.45, 7) is 12.0. The molecule has 328 valence electrons. The number of thiazole rings is 1. The summed E-state index contributed by atoms with van der Waals surface area (Å²) in [6, 6.07) is 42.4. The van der Waals surface area contributed by atoms with Crippen molar-refractivity contribution in [3.05, 3.63) is 157 Å². The number of nitrogens with zero attached hydrogens (tertiary/aromatic N) is 2. The number of hydrazone groups is 1. The molecular weight excluding hydrogens is 827 g/mol. The van der Waals surface area contributed by atoms with Crippen LogP contribution >= 0.6 is 11.3 Å². The van der Waals surface area contributed by atoms with Crippen LogP contribution in [-0.2, 0) is 32.2 Å². The maximum atomic E-state index is 11.2. The minimum absolute atomic E-state index is 0.119. The van der Waals surface area contributed by atoms with E-state index in [9.17, 15) is 4.79 Å². The second-order valence-electron chi connectivity index (χ2n) is 15.8. The van der Waals surface area contributed by atoms with Crippen LogP contribution in [0, 0.1) is 0 Å². The van der Waals surface area contributed by atoms with E-state index in [4.69, 9.17) is 43.2 Å². The van der Waals surface area contributed by atoms with Gasteiger partial charge in [-0.2, -0.15) is 5.10 Å². The highest BCUT2D eigenvalue weighted by atomic mass is 32.1. The van der Waals surface area contributed by atoms with Crippen LogP contribution in [0.3, 0.4) is 0 Å². The number of carbonyl (C=O) groups excluding carboxylic acids is 1. The van der Waals surface area contributed by atoms with Gasteiger partial charge in [0.25, 0.3) is 0 Å². The third kappa shape index (κ3) is 11.6. The normalized spacial score (nSPS) is 14.2. The van der Waals surface area contributed by atoms with Crippen LogP contribution < -0.4 is 24.4 Å². The summed E-state index contributed by atoms with van der Waals surface area (Å²) >= 11 is 1.56. The number of hydrogen-bond acceptors (Lipinski definition) is 12. The number of benzene rings is 6. The van der Waals surface area contributed by atoms with Crippen molar-refractivity contribution in [3.63, 3.8) is 0 Å². The van der Waals surface area contributed by atoms with Crippen molar-refractivity contribution in [1.82, 2.24) is 4.98 Å². The van der Waals surface area contributed by atoms with E-state index in [1.807, 2.05) is 99.6 Å². The summed E-state index contributed by atoms with van der Waals surface area (Å²) in [4.78, 5) is 16.1. The van der Waals surface area contributed by atoms with Gasteiger partial charge >= 0.3 is 5.97 Å². The number of esters is 1. The second-order valence-corrected chi connectivity index (χ2v) is 16.8. The summed E-state index contributed by atoms with van der Waals surface area (Å²) < 4.78 is 41.8. The van der Waals surface area contributed by atoms with Gasteiger partial charge in [0.15, 0.2) is 6.29 Å². The zero-order valence-corrected chi connectivity index (χ0v) is 37.0. The van der Waals surface area contributed by atoms with E-state index < -0.39 is 5.97 Å². The number of fused-ring (bicyclic) bond motifs is 3. The first-order valence-electron chi connectivity index (χ1n) is 21.3. The van der Waals surface area contributed by atoms with Crippen LogP contribution in [0.25, 0.3) is 32.1 Å². The summed E-state index contributed by atoms with van der Waals surface area (Å²) in [5, 5.41) is 7.74. The molecule has 6 aromatic carbocycles. The molecule has 0 saturated carbocycles. The number of nitrogens with one attached hydrogen (secondary N) is 1. The summed E-state index contributed by atoms with van der Waals surface area (Å²) in [5.41, 5.74) is 9.64. The van der Waals surface area contributed by atoms with Crippen LogP contribution in [0.5, 0.6) is 23.0 Å². The van der Waals surface area contributed by atoms with Gasteiger partial charge in [-0.05, 0) is 96.9 Å². The molecule has 64 heavy (non-hydrogen) atoms. The van der Waals surface area contributed by atoms with E-state index in [-0.39, 0.29) is 18.5 Å². The number of rotatable bonds is 22. The van der Waals surface area contributed by atoms with Crippen molar-refractivity contribution in [2.75, 3.05) is 31.9 Å². The van der Waals surface area contributed by atoms with Gasteiger partial charge in [-0.3, -0.25) is 5.43 Å². The highest BCUT2D eigenvalue weighted by Gasteiger charge is 2.49. The second kappa shape index (κ2) is 20.6. The Balaban J connectivity index is 0.902. The average molecular weight is 878 g/mol. The smallest absolute Gasteiger partial charge is 0.330 e. The predicted molar refractivity (Wildman–Crippen MR) is 253 cm³/mol. The lowest BCUT2D eigenvalue weighted by Gasteiger charge is -2.15. The van der Waals surface area contributed by atoms with E-state index in [1.165, 1.54) is 0 Å². The fourth-order valence-corrected chi connectivity index (χ4v) is 7.68. The molecule has 0 radical (unpaired) electrons. The van der Waals surface area contributed by atoms with Crippen LogP contribution in [0.2, 0.25) is 0 Å². The summed E-state index contributed by atoms with van der Waals surface area (Å²) in [5.74, 6) is 2.47. The fraction of sp³-hybridized carbons (Fsp3) is 0.250. The van der Waals surface area contributed by atoms with Crippen molar-refractivity contribution in [2.24, 2.45) is 5.10 Å². The van der Waals surface area contributed by atoms with Gasteiger partial charge in [0.05, 0.1) is 42.4 Å². The van der Waals surface area contributed by atoms with E-state index >= 15 is 0 Å². The first-order valence-corrected chi connectivity index (χ1v) is 22.1. The van der Waals surface area contributed by atoms with Gasteiger partial charge in [0.1, 0.15) is 41.8 Å². The van der Waals surface area contributed by atoms with Gasteiger partial charge < -0.3 is 33.2 Å². The zero-order chi connectivity index (χ0) is 44.3. The standard InChI is InChI=1S/C52H51N3O8S/c1-5-48(56)59-30-8-28-58-42-23-18-39(19-24-42)38-16-12-36(13-17-38)33-61-43-25-26-46(62-34-37-14-21-41(22-15-37)57-29-9-31-60-50-52(3,4)63-50)45(32-43)35(2)54-55-51-53-49-44-11-7-6-10-40(44)20-27-47(49)64-51/h5-7,10-27,32,50H,1,8-9,28-31,33-34H2,2-4H3,(H,53,55)/b54-35+. The van der Waals surface area contributed by atoms with Crippen molar-refractivity contribution in [3.8, 4) is 34.1 Å². The first-order chi connectivity index (χ1) is 31.2. The van der Waals surface area contributed by atoms with Crippen LogP contribution in [0.4, 0.5) is 5.13 Å². The fourth-order valence-electron chi connectivity index (χ4n) is 6.85. The lowest BCUT2D eigenvalue weighted by molar-refractivity contribution is -0.137. The van der Waals surface area contributed by atoms with Gasteiger partial charge in [-0.15, -0.1) is 0 Å². The molecule has 11 nitrogen and oxygen atoms in total. The Morgan fingerprint density at radius 1 is 0.766 bits per heavy atom. The molecule has 0 spiro atoms. The largest absolute Gasteiger partial charge is 0.494 e. The molecular formula is C52H51N3O8S. The number of anilines is 1. The third-order valence-electron chi connectivity index (χ3n) is 10.5. The van der Waals surface area contributed by atoms with Crippen LogP contribution in [0.1, 0.15) is 50.3 Å². The van der Waals surface area contributed by atoms with E-state index in [0.717, 1.165) is 72.8 Å². The molecule has 1 aliphatic rings.